The van der Waals surface area contributed by atoms with Crippen LogP contribution in [0.25, 0.3) is 11.0 Å². The van der Waals surface area contributed by atoms with E-state index in [9.17, 15) is 24.0 Å². The number of benzene rings is 2. The smallest absolute Gasteiger partial charge is 0.338 e. The number of nitrogens with one attached hydrogen (secondary N) is 2. The second kappa shape index (κ2) is 16.4. The first kappa shape index (κ1) is 37.7. The normalized spacial score (nSPS) is 17.1. The Balaban J connectivity index is 0.906. The van der Waals surface area contributed by atoms with Crippen LogP contribution in [0, 0.1) is 17.8 Å². The number of carbonyl (C=O) groups is 4. The van der Waals surface area contributed by atoms with Crippen LogP contribution in [0.3, 0.4) is 0 Å². The number of nitrogens with zero attached hydrogens (tertiary/aromatic N) is 3. The van der Waals surface area contributed by atoms with Gasteiger partial charge >= 0.3 is 5.63 Å². The summed E-state index contributed by atoms with van der Waals surface area (Å²) < 4.78 is 17.2. The maximum Gasteiger partial charge on any atom is 0.338 e. The number of anilines is 2. The molecule has 284 valence electrons. The van der Waals surface area contributed by atoms with Crippen molar-refractivity contribution in [3.63, 3.8) is 0 Å². The Hall–Kier alpha value is -5.58. The molecule has 2 fully saturated rings. The van der Waals surface area contributed by atoms with Gasteiger partial charge in [0.1, 0.15) is 6.04 Å². The van der Waals surface area contributed by atoms with E-state index in [2.05, 4.69) is 27.5 Å². The maximum atomic E-state index is 13.2. The third kappa shape index (κ3) is 8.11. The van der Waals surface area contributed by atoms with E-state index in [4.69, 9.17) is 37.1 Å². The fourth-order valence-corrected chi connectivity index (χ4v) is 7.58. The summed E-state index contributed by atoms with van der Waals surface area (Å²) in [6.45, 7) is 1.72. The van der Waals surface area contributed by atoms with Crippen LogP contribution >= 0.6 is 23.2 Å². The average Bonchev–Trinajstić information content (AvgIpc) is 3.51. The molecule has 55 heavy (non-hydrogen) atoms. The van der Waals surface area contributed by atoms with Crippen molar-refractivity contribution in [3.8, 4) is 23.3 Å². The van der Waals surface area contributed by atoms with Crippen LogP contribution in [0.1, 0.15) is 66.4 Å². The molecular formula is C40H37Cl2N5O8. The molecule has 4 amide bonds. The van der Waals surface area contributed by atoms with Gasteiger partial charge in [-0.3, -0.25) is 29.5 Å². The fraction of sp³-hybridized carbons (Fsp3) is 0.350. The largest absolute Gasteiger partial charge is 0.493 e. The van der Waals surface area contributed by atoms with Gasteiger partial charge in [0, 0.05) is 73.4 Å². The zero-order valence-electron chi connectivity index (χ0n) is 29.9. The van der Waals surface area contributed by atoms with Gasteiger partial charge in [-0.1, -0.05) is 41.1 Å². The number of halogens is 2. The molecule has 0 spiro atoms. The molecule has 7 rings (SSSR count). The number of piperidine rings is 2. The van der Waals surface area contributed by atoms with Gasteiger partial charge in [0.2, 0.25) is 23.5 Å². The summed E-state index contributed by atoms with van der Waals surface area (Å²) >= 11 is 12.6. The molecule has 0 aliphatic carbocycles. The number of unbranched alkanes of at least 4 members (excludes halogenated alkanes) is 1. The predicted molar refractivity (Wildman–Crippen MR) is 205 cm³/mol. The molecule has 0 bridgehead atoms. The topological polar surface area (TPSA) is 160 Å². The van der Waals surface area contributed by atoms with E-state index >= 15 is 0 Å². The summed E-state index contributed by atoms with van der Waals surface area (Å²) in [4.78, 5) is 70.3. The Kier molecular flexibility index (Phi) is 11.3. The quantitative estimate of drug-likeness (QED) is 0.0865. The van der Waals surface area contributed by atoms with E-state index in [1.54, 1.807) is 24.3 Å². The molecule has 4 aromatic rings. The van der Waals surface area contributed by atoms with Gasteiger partial charge in [-0.05, 0) is 61.9 Å². The van der Waals surface area contributed by atoms with Crippen LogP contribution in [0.15, 0.2) is 58.0 Å². The summed E-state index contributed by atoms with van der Waals surface area (Å²) in [6, 6.07) is 9.48. The highest BCUT2D eigenvalue weighted by Crippen LogP contribution is 2.40. The molecule has 2 aromatic heterocycles. The molecule has 13 nitrogen and oxygen atoms in total. The van der Waals surface area contributed by atoms with E-state index < -0.39 is 17.6 Å². The van der Waals surface area contributed by atoms with E-state index in [0.717, 1.165) is 24.0 Å². The van der Waals surface area contributed by atoms with Gasteiger partial charge in [0.25, 0.3) is 5.91 Å². The fourth-order valence-electron chi connectivity index (χ4n) is 7.12. The van der Waals surface area contributed by atoms with E-state index in [1.165, 1.54) is 30.5 Å². The van der Waals surface area contributed by atoms with Crippen molar-refractivity contribution in [1.82, 2.24) is 20.1 Å². The molecule has 15 heteroatoms. The summed E-state index contributed by atoms with van der Waals surface area (Å²) in [5.74, 6) is 6.45. The molecular weight excluding hydrogens is 749 g/mol. The predicted octanol–water partition coefficient (Wildman–Crippen LogP) is 5.85. The first-order chi connectivity index (χ1) is 26.6. The number of aromatic nitrogens is 1. The zero-order chi connectivity index (χ0) is 38.6. The zero-order valence-corrected chi connectivity index (χ0v) is 31.4. The molecule has 2 aromatic carbocycles. The lowest BCUT2D eigenvalue weighted by molar-refractivity contribution is -0.137. The summed E-state index contributed by atoms with van der Waals surface area (Å²) in [5, 5.41) is 6.54. The minimum absolute atomic E-state index is 0.0669. The molecule has 0 saturated carbocycles. The number of carbonyl (C=O) groups excluding carboxylic acids is 4. The van der Waals surface area contributed by atoms with Crippen LogP contribution in [0.5, 0.6) is 11.5 Å². The molecule has 0 radical (unpaired) electrons. The van der Waals surface area contributed by atoms with Crippen molar-refractivity contribution in [1.29, 1.82) is 0 Å². The van der Waals surface area contributed by atoms with Gasteiger partial charge in [-0.15, -0.1) is 0 Å². The van der Waals surface area contributed by atoms with Crippen LogP contribution < -0.4 is 25.7 Å². The highest BCUT2D eigenvalue weighted by atomic mass is 35.5. The molecule has 2 N–H and O–H groups in total. The molecule has 3 aliphatic rings. The van der Waals surface area contributed by atoms with E-state index in [0.29, 0.717) is 66.8 Å². The highest BCUT2D eigenvalue weighted by Gasteiger charge is 2.39. The van der Waals surface area contributed by atoms with Gasteiger partial charge in [0.05, 0.1) is 35.1 Å². The van der Waals surface area contributed by atoms with Crippen molar-refractivity contribution >= 4 is 69.2 Å². The number of amides is 4. The number of hydrogen-bond donors (Lipinski definition) is 2. The lowest BCUT2D eigenvalue weighted by atomic mass is 9.96. The monoisotopic (exact) mass is 785 g/mol. The van der Waals surface area contributed by atoms with Gasteiger partial charge in [-0.2, -0.15) is 0 Å². The second-order valence-electron chi connectivity index (χ2n) is 13.5. The van der Waals surface area contributed by atoms with Crippen molar-refractivity contribution < 1.29 is 33.1 Å². The Morgan fingerprint density at radius 2 is 1.84 bits per heavy atom. The number of rotatable bonds is 10. The van der Waals surface area contributed by atoms with Crippen molar-refractivity contribution in [2.45, 2.75) is 57.5 Å². The number of likely N-dealkylation sites (tertiary alicyclic amines) is 1. The number of methoxy groups -OCH3 is 1. The number of ether oxygens (including phenoxy) is 2. The van der Waals surface area contributed by atoms with Crippen LogP contribution in [0.4, 0.5) is 11.4 Å². The lowest BCUT2D eigenvalue weighted by Gasteiger charge is -2.30. The van der Waals surface area contributed by atoms with Crippen molar-refractivity contribution in [2.24, 2.45) is 5.92 Å². The number of imide groups is 1. The highest BCUT2D eigenvalue weighted by molar-refractivity contribution is 6.39. The van der Waals surface area contributed by atoms with E-state index in [-0.39, 0.29) is 64.6 Å². The van der Waals surface area contributed by atoms with Gasteiger partial charge in [0.15, 0.2) is 11.3 Å². The van der Waals surface area contributed by atoms with Crippen LogP contribution in [-0.2, 0) is 20.9 Å². The first-order valence-electron chi connectivity index (χ1n) is 18.0. The van der Waals surface area contributed by atoms with Gasteiger partial charge < -0.3 is 29.0 Å². The summed E-state index contributed by atoms with van der Waals surface area (Å²) in [6.07, 6.45) is 6.38. The van der Waals surface area contributed by atoms with Gasteiger partial charge in [-0.25, -0.2) is 4.79 Å². The first-order valence-corrected chi connectivity index (χ1v) is 18.8. The Labute approximate surface area is 326 Å². The molecule has 1 unspecified atom stereocenters. The summed E-state index contributed by atoms with van der Waals surface area (Å²) in [7, 11) is 1.49. The van der Waals surface area contributed by atoms with Crippen LogP contribution in [-0.4, -0.2) is 71.3 Å². The molecule has 1 atom stereocenters. The van der Waals surface area contributed by atoms with Crippen LogP contribution in [0.2, 0.25) is 10.0 Å². The minimum atomic E-state index is -0.679. The molecule has 5 heterocycles. The second-order valence-corrected chi connectivity index (χ2v) is 14.3. The van der Waals surface area contributed by atoms with E-state index in [1.807, 2.05) is 11.0 Å². The summed E-state index contributed by atoms with van der Waals surface area (Å²) in [5.41, 5.74) is 2.45. The Bertz CT molecular complexity index is 2290. The third-order valence-corrected chi connectivity index (χ3v) is 10.6. The Morgan fingerprint density at radius 3 is 2.58 bits per heavy atom. The molecule has 3 aliphatic heterocycles. The minimum Gasteiger partial charge on any atom is -0.493 e. The molecule has 2 saturated heterocycles. The maximum absolute atomic E-state index is 13.2. The SMILES string of the molecule is COc1ccc2c(Nc3c(Cl)cncc3Cl)cc(=O)oc2c1OCCCCC(=O)N1CCC(C#Cc2cccc3c2CN(C2CCC(=O)NC2=O)C3=O)CC1. The average molecular weight is 787 g/mol. The standard InChI is InChI=1S/C40H37Cl2N5O8/c1-53-32-12-10-26-30(44-36-28(41)20-43-21-29(36)42)19-35(50)55-37(26)38(32)54-18-3-2-7-34(49)46-16-14-23(15-17-46)8-9-24-5-4-6-25-27(24)22-47(40(25)52)31-11-13-33(48)45-39(31)51/h4-6,10,12,19-21,23,31H,2-3,7,11,13-18,22H2,1H3,(H,43,44)(H,45,48,51). The number of hydrogen-bond acceptors (Lipinski definition) is 10. The van der Waals surface area contributed by atoms with Crippen molar-refractivity contribution in [3.05, 3.63) is 85.9 Å². The lowest BCUT2D eigenvalue weighted by Crippen LogP contribution is -2.52. The number of pyridine rings is 1. The van der Waals surface area contributed by atoms with Crippen molar-refractivity contribution in [2.75, 3.05) is 32.1 Å². The Morgan fingerprint density at radius 1 is 1.05 bits per heavy atom. The third-order valence-electron chi connectivity index (χ3n) is 10.0. The number of fused-ring (bicyclic) bond motifs is 2.